The number of carbonyl (C=O) groups is 1. The minimum Gasteiger partial charge on any atom is -0.438 e. The molecule has 1 N–H and O–H groups in total. The van der Waals surface area contributed by atoms with Crippen LogP contribution in [-0.2, 0) is 11.3 Å². The van der Waals surface area contributed by atoms with Crippen molar-refractivity contribution in [1.29, 1.82) is 0 Å². The molecule has 1 aliphatic rings. The van der Waals surface area contributed by atoms with E-state index in [1.807, 2.05) is 80.9 Å². The molecule has 0 spiro atoms. The Bertz CT molecular complexity index is 1310. The summed E-state index contributed by atoms with van der Waals surface area (Å²) in [6.45, 7) is 4.65. The summed E-state index contributed by atoms with van der Waals surface area (Å²) in [5.41, 5.74) is 2.30. The Labute approximate surface area is 203 Å². The molecule has 5 rings (SSSR count). The average molecular weight is 471 g/mol. The number of amides is 1. The van der Waals surface area contributed by atoms with Crippen LogP contribution in [0.15, 0.2) is 78.3 Å². The first kappa shape index (κ1) is 22.1. The highest BCUT2D eigenvalue weighted by molar-refractivity contribution is 7.13. The number of carbonyl (C=O) groups excluding carboxylic acids is 1. The van der Waals surface area contributed by atoms with E-state index in [-0.39, 0.29) is 11.8 Å². The largest absolute Gasteiger partial charge is 0.438 e. The molecule has 172 valence electrons. The molecule has 7 heteroatoms. The lowest BCUT2D eigenvalue weighted by Crippen LogP contribution is -2.38. The predicted molar refractivity (Wildman–Crippen MR) is 136 cm³/mol. The summed E-state index contributed by atoms with van der Waals surface area (Å²) >= 11 is 1.41. The SMILES string of the molecule is CN(Cc1ccccc1)c1ccc2c(n1)Oc1ccccc1C2C(C)(C)C(=O)Nc1nccs1. The molecule has 0 saturated carbocycles. The van der Waals surface area contributed by atoms with Gasteiger partial charge in [0.05, 0.1) is 5.41 Å². The molecule has 0 saturated heterocycles. The van der Waals surface area contributed by atoms with Gasteiger partial charge in [0, 0.05) is 42.2 Å². The molecule has 34 heavy (non-hydrogen) atoms. The van der Waals surface area contributed by atoms with Crippen LogP contribution in [-0.4, -0.2) is 22.9 Å². The van der Waals surface area contributed by atoms with E-state index in [4.69, 9.17) is 9.72 Å². The van der Waals surface area contributed by atoms with Crippen molar-refractivity contribution in [3.8, 4) is 11.6 Å². The summed E-state index contributed by atoms with van der Waals surface area (Å²) < 4.78 is 6.25. The van der Waals surface area contributed by atoms with E-state index in [9.17, 15) is 4.79 Å². The van der Waals surface area contributed by atoms with Gasteiger partial charge in [0.15, 0.2) is 5.13 Å². The fourth-order valence-corrected chi connectivity index (χ4v) is 4.95. The lowest BCUT2D eigenvalue weighted by atomic mass is 9.70. The first-order chi connectivity index (χ1) is 16.4. The number of pyridine rings is 1. The number of nitrogens with zero attached hydrogens (tertiary/aromatic N) is 3. The van der Waals surface area contributed by atoms with Crippen molar-refractivity contribution in [2.24, 2.45) is 5.41 Å². The highest BCUT2D eigenvalue weighted by Crippen LogP contribution is 2.52. The standard InChI is InChI=1S/C27H26N4O2S/c1-27(2,25(32)30-26-28-15-16-34-26)23-19-11-7-8-12-21(19)33-24-20(23)13-14-22(29-24)31(3)17-18-9-5-4-6-10-18/h4-16,23H,17H2,1-3H3,(H,28,30,32). The van der Waals surface area contributed by atoms with Crippen LogP contribution in [0.5, 0.6) is 11.6 Å². The lowest BCUT2D eigenvalue weighted by Gasteiger charge is -2.37. The summed E-state index contributed by atoms with van der Waals surface area (Å²) in [6, 6.07) is 22.2. The van der Waals surface area contributed by atoms with Gasteiger partial charge in [0.2, 0.25) is 11.8 Å². The molecule has 1 amide bonds. The van der Waals surface area contributed by atoms with Gasteiger partial charge in [-0.1, -0.05) is 62.4 Å². The molecule has 2 aromatic carbocycles. The summed E-state index contributed by atoms with van der Waals surface area (Å²) in [5, 5.41) is 5.42. The van der Waals surface area contributed by atoms with E-state index in [0.29, 0.717) is 11.0 Å². The number of thiazole rings is 1. The highest BCUT2D eigenvalue weighted by Gasteiger charge is 2.44. The van der Waals surface area contributed by atoms with Gasteiger partial charge >= 0.3 is 0 Å². The van der Waals surface area contributed by atoms with Crippen molar-refractivity contribution >= 4 is 28.2 Å². The summed E-state index contributed by atoms with van der Waals surface area (Å²) in [6.07, 6.45) is 1.68. The van der Waals surface area contributed by atoms with Gasteiger partial charge in [0.1, 0.15) is 11.6 Å². The van der Waals surface area contributed by atoms with Crippen LogP contribution in [0.2, 0.25) is 0 Å². The monoisotopic (exact) mass is 470 g/mol. The van der Waals surface area contributed by atoms with Crippen LogP contribution in [0, 0.1) is 5.41 Å². The van der Waals surface area contributed by atoms with E-state index >= 15 is 0 Å². The number of benzene rings is 2. The van der Waals surface area contributed by atoms with Gasteiger partial charge in [-0.3, -0.25) is 4.79 Å². The zero-order valence-electron chi connectivity index (χ0n) is 19.4. The maximum absolute atomic E-state index is 13.4. The van der Waals surface area contributed by atoms with Crippen molar-refractivity contribution in [3.05, 3.63) is 95.0 Å². The molecule has 0 bridgehead atoms. The van der Waals surface area contributed by atoms with E-state index < -0.39 is 5.41 Å². The molecule has 1 aliphatic heterocycles. The van der Waals surface area contributed by atoms with Crippen molar-refractivity contribution in [2.45, 2.75) is 26.3 Å². The van der Waals surface area contributed by atoms with E-state index in [0.717, 1.165) is 29.2 Å². The zero-order chi connectivity index (χ0) is 23.7. The maximum atomic E-state index is 13.4. The number of anilines is 2. The molecule has 1 atom stereocenters. The van der Waals surface area contributed by atoms with Crippen molar-refractivity contribution in [3.63, 3.8) is 0 Å². The van der Waals surface area contributed by atoms with Gasteiger partial charge in [-0.15, -0.1) is 11.3 Å². The number of fused-ring (bicyclic) bond motifs is 2. The number of para-hydroxylation sites is 1. The number of nitrogens with one attached hydrogen (secondary N) is 1. The molecule has 1 unspecified atom stereocenters. The van der Waals surface area contributed by atoms with Crippen molar-refractivity contribution in [1.82, 2.24) is 9.97 Å². The Morgan fingerprint density at radius 2 is 1.82 bits per heavy atom. The molecule has 0 fully saturated rings. The van der Waals surface area contributed by atoms with Crippen LogP contribution in [0.4, 0.5) is 10.9 Å². The second kappa shape index (κ2) is 8.91. The van der Waals surface area contributed by atoms with Crippen molar-refractivity contribution in [2.75, 3.05) is 17.3 Å². The third-order valence-corrected chi connectivity index (χ3v) is 6.92. The van der Waals surface area contributed by atoms with Gasteiger partial charge < -0.3 is 15.0 Å². The third kappa shape index (κ3) is 4.15. The minimum absolute atomic E-state index is 0.0969. The van der Waals surface area contributed by atoms with Gasteiger partial charge in [-0.2, -0.15) is 4.98 Å². The molecule has 3 heterocycles. The topological polar surface area (TPSA) is 67.4 Å². The first-order valence-electron chi connectivity index (χ1n) is 11.2. The zero-order valence-corrected chi connectivity index (χ0v) is 20.2. The Morgan fingerprint density at radius 1 is 1.06 bits per heavy atom. The van der Waals surface area contributed by atoms with Gasteiger partial charge in [0.25, 0.3) is 0 Å². The quantitative estimate of drug-likeness (QED) is 0.370. The van der Waals surface area contributed by atoms with E-state index in [1.165, 1.54) is 16.9 Å². The average Bonchev–Trinajstić information content (AvgIpc) is 3.35. The fraction of sp³-hybridized carbons (Fsp3) is 0.222. The molecule has 4 aromatic rings. The number of aromatic nitrogens is 2. The number of hydrogen-bond donors (Lipinski definition) is 1. The van der Waals surface area contributed by atoms with Crippen LogP contribution >= 0.6 is 11.3 Å². The normalized spacial score (nSPS) is 14.5. The maximum Gasteiger partial charge on any atom is 0.232 e. The molecule has 0 aliphatic carbocycles. The second-order valence-electron chi connectivity index (χ2n) is 8.99. The predicted octanol–water partition coefficient (Wildman–Crippen LogP) is 6.08. The van der Waals surface area contributed by atoms with Crippen LogP contribution in [0.25, 0.3) is 0 Å². The minimum atomic E-state index is -0.778. The lowest BCUT2D eigenvalue weighted by molar-refractivity contribution is -0.124. The Balaban J connectivity index is 1.50. The first-order valence-corrected chi connectivity index (χ1v) is 12.0. The molecule has 0 radical (unpaired) electrons. The van der Waals surface area contributed by atoms with E-state index in [2.05, 4.69) is 27.3 Å². The molecule has 6 nitrogen and oxygen atoms in total. The van der Waals surface area contributed by atoms with Gasteiger partial charge in [-0.05, 0) is 23.8 Å². The third-order valence-electron chi connectivity index (χ3n) is 6.24. The Morgan fingerprint density at radius 3 is 2.59 bits per heavy atom. The highest BCUT2D eigenvalue weighted by atomic mass is 32.1. The molecular formula is C27H26N4O2S. The van der Waals surface area contributed by atoms with Crippen LogP contribution in [0.1, 0.15) is 36.5 Å². The molecular weight excluding hydrogens is 444 g/mol. The summed E-state index contributed by atoms with van der Waals surface area (Å²) in [4.78, 5) is 24.6. The second-order valence-corrected chi connectivity index (χ2v) is 9.89. The molecule has 2 aromatic heterocycles. The van der Waals surface area contributed by atoms with E-state index in [1.54, 1.807) is 6.20 Å². The van der Waals surface area contributed by atoms with Crippen molar-refractivity contribution < 1.29 is 9.53 Å². The Kier molecular flexibility index (Phi) is 5.79. The number of hydrogen-bond acceptors (Lipinski definition) is 6. The Hall–Kier alpha value is -3.71. The number of ether oxygens (including phenoxy) is 1. The number of rotatable bonds is 6. The van der Waals surface area contributed by atoms with Crippen LogP contribution in [0.3, 0.4) is 0 Å². The van der Waals surface area contributed by atoms with Gasteiger partial charge in [-0.25, -0.2) is 4.98 Å². The van der Waals surface area contributed by atoms with Crippen LogP contribution < -0.4 is 15.0 Å². The fourth-order valence-electron chi connectivity index (χ4n) is 4.43. The summed E-state index contributed by atoms with van der Waals surface area (Å²) in [7, 11) is 2.02. The summed E-state index contributed by atoms with van der Waals surface area (Å²) in [5.74, 6) is 1.75. The smallest absolute Gasteiger partial charge is 0.232 e.